The van der Waals surface area contributed by atoms with Gasteiger partial charge in [0.1, 0.15) is 5.75 Å². The number of carboxylic acids is 1. The molecule has 154 valence electrons. The molecule has 0 saturated carbocycles. The summed E-state index contributed by atoms with van der Waals surface area (Å²) in [4.78, 5) is 34.8. The van der Waals surface area contributed by atoms with Crippen LogP contribution >= 0.6 is 0 Å². The van der Waals surface area contributed by atoms with E-state index in [2.05, 4.69) is 24.5 Å². The lowest BCUT2D eigenvalue weighted by Gasteiger charge is -2.16. The van der Waals surface area contributed by atoms with Crippen LogP contribution in [0, 0.1) is 0 Å². The fraction of sp³-hybridized carbons (Fsp3) is 0.318. The second-order valence-electron chi connectivity index (χ2n) is 6.95. The monoisotopic (exact) mass is 398 g/mol. The van der Waals surface area contributed by atoms with E-state index in [0.717, 1.165) is 5.56 Å². The number of carboxylic acid groups (broad SMARTS) is 1. The van der Waals surface area contributed by atoms with E-state index >= 15 is 0 Å². The van der Waals surface area contributed by atoms with Crippen molar-refractivity contribution in [2.24, 2.45) is 0 Å². The first-order valence-corrected chi connectivity index (χ1v) is 9.44. The first kappa shape index (κ1) is 21.9. The Morgan fingerprint density at radius 3 is 2.34 bits per heavy atom. The van der Waals surface area contributed by atoms with Crippen molar-refractivity contribution >= 4 is 23.5 Å². The Bertz CT molecular complexity index is 862. The molecule has 1 atom stereocenters. The van der Waals surface area contributed by atoms with Crippen LogP contribution in [0.5, 0.6) is 5.75 Å². The molecule has 2 aromatic rings. The Balaban J connectivity index is 1.90. The maximum Gasteiger partial charge on any atom is 0.305 e. The minimum Gasteiger partial charge on any atom is -0.481 e. The number of ether oxygens (including phenoxy) is 1. The molecule has 2 amide bonds. The molecule has 0 bridgehead atoms. The van der Waals surface area contributed by atoms with E-state index in [0.29, 0.717) is 22.9 Å². The number of carbonyl (C=O) groups excluding carboxylic acids is 2. The number of benzene rings is 2. The van der Waals surface area contributed by atoms with Crippen molar-refractivity contribution in [3.05, 3.63) is 59.7 Å². The van der Waals surface area contributed by atoms with Crippen molar-refractivity contribution in [2.75, 3.05) is 11.9 Å². The molecule has 3 N–H and O–H groups in total. The number of hydrogen-bond donors (Lipinski definition) is 3. The van der Waals surface area contributed by atoms with Gasteiger partial charge in [-0.05, 0) is 54.8 Å². The lowest BCUT2D eigenvalue weighted by molar-refractivity contribution is -0.136. The highest BCUT2D eigenvalue weighted by Crippen LogP contribution is 2.21. The quantitative estimate of drug-likeness (QED) is 0.600. The summed E-state index contributed by atoms with van der Waals surface area (Å²) in [5, 5.41) is 13.9. The van der Waals surface area contributed by atoms with Gasteiger partial charge in [0.05, 0.1) is 6.42 Å². The summed E-state index contributed by atoms with van der Waals surface area (Å²) >= 11 is 0. The van der Waals surface area contributed by atoms with Crippen molar-refractivity contribution in [1.29, 1.82) is 0 Å². The van der Waals surface area contributed by atoms with Crippen molar-refractivity contribution in [3.63, 3.8) is 0 Å². The van der Waals surface area contributed by atoms with Crippen LogP contribution in [-0.4, -0.2) is 35.5 Å². The maximum absolute atomic E-state index is 12.4. The summed E-state index contributed by atoms with van der Waals surface area (Å²) in [6, 6.07) is 14.0. The van der Waals surface area contributed by atoms with Crippen molar-refractivity contribution in [3.8, 4) is 5.75 Å². The first-order chi connectivity index (χ1) is 13.8. The van der Waals surface area contributed by atoms with Crippen LogP contribution in [0.1, 0.15) is 49.0 Å². The van der Waals surface area contributed by atoms with Gasteiger partial charge in [0.2, 0.25) is 0 Å². The summed E-state index contributed by atoms with van der Waals surface area (Å²) < 4.78 is 5.74. The second-order valence-corrected chi connectivity index (χ2v) is 6.95. The van der Waals surface area contributed by atoms with Gasteiger partial charge in [-0.25, -0.2) is 0 Å². The standard InChI is InChI=1S/C22H26N2O5/c1-14(2)17-5-4-6-19(13-17)29-15(3)21(27)24-18-9-7-16(8-10-18)22(28)23-12-11-20(25)26/h4-10,13-15H,11-12H2,1-3H3,(H,23,28)(H,24,27)(H,25,26). The van der Waals surface area contributed by atoms with Gasteiger partial charge in [-0.3, -0.25) is 14.4 Å². The number of nitrogens with one attached hydrogen (secondary N) is 2. The van der Waals surface area contributed by atoms with Crippen molar-refractivity contribution in [2.45, 2.75) is 39.2 Å². The normalized spacial score (nSPS) is 11.6. The molecule has 7 nitrogen and oxygen atoms in total. The molecule has 0 aromatic heterocycles. The molecule has 0 heterocycles. The van der Waals surface area contributed by atoms with E-state index in [1.165, 1.54) is 0 Å². The van der Waals surface area contributed by atoms with Crippen molar-refractivity contribution < 1.29 is 24.2 Å². The predicted octanol–water partition coefficient (Wildman–Crippen LogP) is 3.42. The highest BCUT2D eigenvalue weighted by atomic mass is 16.5. The maximum atomic E-state index is 12.4. The summed E-state index contributed by atoms with van der Waals surface area (Å²) in [6.07, 6.45) is -0.839. The van der Waals surface area contributed by atoms with Gasteiger partial charge in [-0.1, -0.05) is 26.0 Å². The number of amides is 2. The average Bonchev–Trinajstić information content (AvgIpc) is 2.68. The van der Waals surface area contributed by atoms with Gasteiger partial charge in [0.25, 0.3) is 11.8 Å². The van der Waals surface area contributed by atoms with E-state index in [-0.39, 0.29) is 24.8 Å². The third-order valence-corrected chi connectivity index (χ3v) is 4.25. The fourth-order valence-electron chi connectivity index (χ4n) is 2.54. The molecule has 0 spiro atoms. The minimum atomic E-state index is -0.976. The number of carbonyl (C=O) groups is 3. The van der Waals surface area contributed by atoms with E-state index in [9.17, 15) is 14.4 Å². The van der Waals surface area contributed by atoms with Crippen LogP contribution in [0.2, 0.25) is 0 Å². The van der Waals surface area contributed by atoms with Gasteiger partial charge in [-0.15, -0.1) is 0 Å². The topological polar surface area (TPSA) is 105 Å². The van der Waals surface area contributed by atoms with Gasteiger partial charge >= 0.3 is 5.97 Å². The second kappa shape index (κ2) is 10.3. The Hall–Kier alpha value is -3.35. The highest BCUT2D eigenvalue weighted by molar-refractivity contribution is 5.96. The zero-order valence-electron chi connectivity index (χ0n) is 16.8. The lowest BCUT2D eigenvalue weighted by atomic mass is 10.0. The molecule has 29 heavy (non-hydrogen) atoms. The zero-order chi connectivity index (χ0) is 21.4. The molecular weight excluding hydrogens is 372 g/mol. The minimum absolute atomic E-state index is 0.0551. The molecule has 2 aromatic carbocycles. The first-order valence-electron chi connectivity index (χ1n) is 9.44. The SMILES string of the molecule is CC(Oc1cccc(C(C)C)c1)C(=O)Nc1ccc(C(=O)NCCC(=O)O)cc1. The molecule has 0 saturated heterocycles. The van der Waals surface area contributed by atoms with Crippen LogP contribution < -0.4 is 15.4 Å². The van der Waals surface area contributed by atoms with Crippen LogP contribution in [0.4, 0.5) is 5.69 Å². The highest BCUT2D eigenvalue weighted by Gasteiger charge is 2.16. The van der Waals surface area contributed by atoms with Crippen LogP contribution in [0.15, 0.2) is 48.5 Å². The van der Waals surface area contributed by atoms with Gasteiger partial charge in [0, 0.05) is 17.8 Å². The summed E-state index contributed by atoms with van der Waals surface area (Å²) in [6.45, 7) is 5.90. The Morgan fingerprint density at radius 1 is 1.03 bits per heavy atom. The summed E-state index contributed by atoms with van der Waals surface area (Å²) in [7, 11) is 0. The van der Waals surface area contributed by atoms with Crippen LogP contribution in [0.3, 0.4) is 0 Å². The third kappa shape index (κ3) is 6.95. The Kier molecular flexibility index (Phi) is 7.77. The Labute approximate surface area is 170 Å². The van der Waals surface area contributed by atoms with Crippen LogP contribution in [0.25, 0.3) is 0 Å². The molecule has 0 aliphatic rings. The number of anilines is 1. The lowest BCUT2D eigenvalue weighted by Crippen LogP contribution is -2.30. The van der Waals surface area contributed by atoms with Gasteiger partial charge in [-0.2, -0.15) is 0 Å². The van der Waals surface area contributed by atoms with E-state index in [4.69, 9.17) is 9.84 Å². The average molecular weight is 398 g/mol. The fourth-order valence-corrected chi connectivity index (χ4v) is 2.54. The van der Waals surface area contributed by atoms with E-state index < -0.39 is 12.1 Å². The van der Waals surface area contributed by atoms with Crippen LogP contribution in [-0.2, 0) is 9.59 Å². The molecule has 7 heteroatoms. The van der Waals surface area contributed by atoms with Crippen molar-refractivity contribution in [1.82, 2.24) is 5.32 Å². The van der Waals surface area contributed by atoms with Gasteiger partial charge < -0.3 is 20.5 Å². The number of rotatable bonds is 9. The largest absolute Gasteiger partial charge is 0.481 e. The number of hydrogen-bond acceptors (Lipinski definition) is 4. The van der Waals surface area contributed by atoms with Gasteiger partial charge in [0.15, 0.2) is 6.10 Å². The molecule has 2 rings (SSSR count). The zero-order valence-corrected chi connectivity index (χ0v) is 16.8. The smallest absolute Gasteiger partial charge is 0.305 e. The third-order valence-electron chi connectivity index (χ3n) is 4.25. The number of aliphatic carboxylic acids is 1. The molecular formula is C22H26N2O5. The Morgan fingerprint density at radius 2 is 1.72 bits per heavy atom. The predicted molar refractivity (Wildman–Crippen MR) is 110 cm³/mol. The van der Waals surface area contributed by atoms with E-state index in [1.54, 1.807) is 31.2 Å². The molecule has 1 unspecified atom stereocenters. The molecule has 0 aliphatic carbocycles. The molecule has 0 aliphatic heterocycles. The molecule has 0 radical (unpaired) electrons. The van der Waals surface area contributed by atoms with E-state index in [1.807, 2.05) is 24.3 Å². The summed E-state index contributed by atoms with van der Waals surface area (Å²) in [5.74, 6) is -0.658. The summed E-state index contributed by atoms with van der Waals surface area (Å²) in [5.41, 5.74) is 2.04. The molecule has 0 fully saturated rings.